The Morgan fingerprint density at radius 2 is 2.21 bits per heavy atom. The van der Waals surface area contributed by atoms with Gasteiger partial charge in [-0.2, -0.15) is 0 Å². The molecule has 24 heavy (non-hydrogen) atoms. The van der Waals surface area contributed by atoms with E-state index >= 15 is 0 Å². The molecule has 0 aliphatic carbocycles. The van der Waals surface area contributed by atoms with Crippen LogP contribution < -0.4 is 0 Å². The van der Waals surface area contributed by atoms with Crippen molar-refractivity contribution in [3.63, 3.8) is 0 Å². The fourth-order valence-electron chi connectivity index (χ4n) is 3.40. The molecule has 0 N–H and O–H groups in total. The first-order valence-corrected chi connectivity index (χ1v) is 9.04. The summed E-state index contributed by atoms with van der Waals surface area (Å²) >= 11 is 1.42. The van der Waals surface area contributed by atoms with E-state index in [9.17, 15) is 4.79 Å². The van der Waals surface area contributed by atoms with E-state index in [1.807, 2.05) is 35.4 Å². The van der Waals surface area contributed by atoms with Crippen molar-refractivity contribution >= 4 is 22.8 Å². The summed E-state index contributed by atoms with van der Waals surface area (Å²) in [5.74, 6) is 0.967. The molecule has 1 aliphatic rings. The smallest absolute Gasteiger partial charge is 0.266 e. The zero-order chi connectivity index (χ0) is 16.7. The molecule has 1 unspecified atom stereocenters. The lowest BCUT2D eigenvalue weighted by Gasteiger charge is -2.35. The highest BCUT2D eigenvalue weighted by Gasteiger charge is 2.32. The molecule has 6 nitrogen and oxygen atoms in total. The minimum Gasteiger partial charge on any atom is -0.328 e. The first kappa shape index (κ1) is 15.3. The molecule has 0 aromatic carbocycles. The maximum atomic E-state index is 13.1. The van der Waals surface area contributed by atoms with Crippen LogP contribution in [-0.4, -0.2) is 36.7 Å². The van der Waals surface area contributed by atoms with Crippen LogP contribution >= 0.6 is 11.3 Å². The number of aromatic nitrogens is 4. The minimum absolute atomic E-state index is 0.0238. The number of aryl methyl sites for hydroxylation is 2. The molecule has 1 saturated heterocycles. The number of carbonyl (C=O) groups is 1. The van der Waals surface area contributed by atoms with Crippen molar-refractivity contribution in [2.75, 3.05) is 6.54 Å². The largest absolute Gasteiger partial charge is 0.328 e. The van der Waals surface area contributed by atoms with E-state index < -0.39 is 0 Å². The molecule has 7 heteroatoms. The number of fused-ring (bicyclic) bond motifs is 1. The first-order valence-electron chi connectivity index (χ1n) is 8.16. The van der Waals surface area contributed by atoms with Gasteiger partial charge in [-0.1, -0.05) is 0 Å². The van der Waals surface area contributed by atoms with Crippen LogP contribution in [0.1, 0.15) is 52.2 Å². The number of hydrogen-bond donors (Lipinski definition) is 0. The predicted octanol–water partition coefficient (Wildman–Crippen LogP) is 3.17. The lowest BCUT2D eigenvalue weighted by Crippen LogP contribution is -2.39. The molecule has 0 radical (unpaired) electrons. The number of hydrogen-bond acceptors (Lipinski definition) is 5. The van der Waals surface area contributed by atoms with Gasteiger partial charge in [0.1, 0.15) is 17.0 Å². The van der Waals surface area contributed by atoms with Crippen LogP contribution in [0.25, 0.3) is 5.52 Å². The summed E-state index contributed by atoms with van der Waals surface area (Å²) in [7, 11) is 0. The summed E-state index contributed by atoms with van der Waals surface area (Å²) in [6, 6.07) is 1.99. The molecular weight excluding hydrogens is 322 g/mol. The van der Waals surface area contributed by atoms with Crippen molar-refractivity contribution in [1.82, 2.24) is 24.3 Å². The van der Waals surface area contributed by atoms with Crippen molar-refractivity contribution in [2.24, 2.45) is 0 Å². The molecule has 1 amide bonds. The Kier molecular flexibility index (Phi) is 3.80. The molecular formula is C17H19N5OS. The maximum absolute atomic E-state index is 13.1. The van der Waals surface area contributed by atoms with E-state index in [0.717, 1.165) is 53.4 Å². The lowest BCUT2D eigenvalue weighted by atomic mass is 10.0. The summed E-state index contributed by atoms with van der Waals surface area (Å²) in [5.41, 5.74) is 4.51. The Bertz CT molecular complexity index is 899. The van der Waals surface area contributed by atoms with E-state index in [1.165, 1.54) is 11.3 Å². The molecule has 0 spiro atoms. The second-order valence-electron chi connectivity index (χ2n) is 6.22. The highest BCUT2D eigenvalue weighted by molar-refractivity contribution is 7.11. The SMILES string of the molecule is Cc1cc2cncn2c(C2CCCCN2C(=O)c2scnc2C)n1. The normalized spacial score (nSPS) is 18.2. The van der Waals surface area contributed by atoms with Crippen molar-refractivity contribution in [3.05, 3.63) is 46.2 Å². The van der Waals surface area contributed by atoms with Gasteiger partial charge in [0.05, 0.1) is 29.0 Å². The quantitative estimate of drug-likeness (QED) is 0.718. The van der Waals surface area contributed by atoms with E-state index in [0.29, 0.717) is 0 Å². The molecule has 0 saturated carbocycles. The fraction of sp³-hybridized carbons (Fsp3) is 0.412. The topological polar surface area (TPSA) is 63.4 Å². The van der Waals surface area contributed by atoms with E-state index in [4.69, 9.17) is 4.98 Å². The van der Waals surface area contributed by atoms with Gasteiger partial charge in [-0.15, -0.1) is 11.3 Å². The number of piperidine rings is 1. The van der Waals surface area contributed by atoms with Crippen LogP contribution in [0.3, 0.4) is 0 Å². The number of imidazole rings is 1. The second kappa shape index (κ2) is 5.98. The van der Waals surface area contributed by atoms with Gasteiger partial charge in [0.2, 0.25) is 0 Å². The summed E-state index contributed by atoms with van der Waals surface area (Å²) < 4.78 is 2.00. The number of rotatable bonds is 2. The third-order valence-electron chi connectivity index (χ3n) is 4.56. The maximum Gasteiger partial charge on any atom is 0.266 e. The summed E-state index contributed by atoms with van der Waals surface area (Å²) in [4.78, 5) is 29.0. The van der Waals surface area contributed by atoms with Gasteiger partial charge in [0.15, 0.2) is 0 Å². The van der Waals surface area contributed by atoms with Crippen LogP contribution in [0.5, 0.6) is 0 Å². The number of amides is 1. The lowest BCUT2D eigenvalue weighted by molar-refractivity contribution is 0.0602. The number of nitrogens with zero attached hydrogens (tertiary/aromatic N) is 5. The Balaban J connectivity index is 1.78. The highest BCUT2D eigenvalue weighted by atomic mass is 32.1. The first-order chi connectivity index (χ1) is 11.6. The van der Waals surface area contributed by atoms with Gasteiger partial charge in [-0.05, 0) is 39.2 Å². The standard InChI is InChI=1S/C17H19N5OS/c1-11-7-13-8-18-9-22(13)16(20-11)14-5-3-4-6-21(14)17(23)15-12(2)19-10-24-15/h7-10,14H,3-6H2,1-2H3. The molecule has 124 valence electrons. The fourth-order valence-corrected chi connectivity index (χ4v) is 4.16. The van der Waals surface area contributed by atoms with Gasteiger partial charge < -0.3 is 4.90 Å². The average molecular weight is 341 g/mol. The Labute approximate surface area is 144 Å². The number of carbonyl (C=O) groups excluding carboxylic acids is 1. The monoisotopic (exact) mass is 341 g/mol. The van der Waals surface area contributed by atoms with Gasteiger partial charge in [0, 0.05) is 12.2 Å². The zero-order valence-electron chi connectivity index (χ0n) is 13.8. The zero-order valence-corrected chi connectivity index (χ0v) is 14.6. The van der Waals surface area contributed by atoms with E-state index in [2.05, 4.69) is 9.97 Å². The Morgan fingerprint density at radius 3 is 3.00 bits per heavy atom. The van der Waals surface area contributed by atoms with Gasteiger partial charge in [-0.3, -0.25) is 9.20 Å². The molecule has 1 atom stereocenters. The Morgan fingerprint density at radius 1 is 1.33 bits per heavy atom. The third-order valence-corrected chi connectivity index (χ3v) is 5.48. The van der Waals surface area contributed by atoms with Crippen molar-refractivity contribution in [1.29, 1.82) is 0 Å². The van der Waals surface area contributed by atoms with Crippen LogP contribution in [0, 0.1) is 13.8 Å². The van der Waals surface area contributed by atoms with E-state index in [-0.39, 0.29) is 11.9 Å². The summed E-state index contributed by atoms with van der Waals surface area (Å²) in [5, 5.41) is 0. The van der Waals surface area contributed by atoms with Crippen LogP contribution in [0.15, 0.2) is 24.1 Å². The summed E-state index contributed by atoms with van der Waals surface area (Å²) in [6.45, 7) is 4.63. The summed E-state index contributed by atoms with van der Waals surface area (Å²) in [6.07, 6.45) is 6.67. The average Bonchev–Trinajstić information content (AvgIpc) is 3.22. The van der Waals surface area contributed by atoms with Gasteiger partial charge in [-0.25, -0.2) is 15.0 Å². The van der Waals surface area contributed by atoms with Crippen molar-refractivity contribution in [3.8, 4) is 0 Å². The molecule has 1 fully saturated rings. The third kappa shape index (κ3) is 2.49. The number of thiazole rings is 1. The molecule has 3 aromatic rings. The minimum atomic E-state index is -0.0238. The molecule has 4 heterocycles. The van der Waals surface area contributed by atoms with E-state index in [1.54, 1.807) is 11.8 Å². The van der Waals surface area contributed by atoms with Crippen molar-refractivity contribution in [2.45, 2.75) is 39.2 Å². The Hall–Kier alpha value is -2.28. The van der Waals surface area contributed by atoms with Gasteiger partial charge >= 0.3 is 0 Å². The van der Waals surface area contributed by atoms with Gasteiger partial charge in [0.25, 0.3) is 5.91 Å². The molecule has 4 rings (SSSR count). The number of likely N-dealkylation sites (tertiary alicyclic amines) is 1. The highest BCUT2D eigenvalue weighted by Crippen LogP contribution is 2.32. The molecule has 0 bridgehead atoms. The second-order valence-corrected chi connectivity index (χ2v) is 7.08. The predicted molar refractivity (Wildman–Crippen MR) is 92.2 cm³/mol. The van der Waals surface area contributed by atoms with Crippen LogP contribution in [-0.2, 0) is 0 Å². The van der Waals surface area contributed by atoms with Crippen LogP contribution in [0.2, 0.25) is 0 Å². The van der Waals surface area contributed by atoms with Crippen molar-refractivity contribution < 1.29 is 4.79 Å². The van der Waals surface area contributed by atoms with Crippen LogP contribution in [0.4, 0.5) is 0 Å². The molecule has 3 aromatic heterocycles. The molecule has 1 aliphatic heterocycles.